The third-order valence-corrected chi connectivity index (χ3v) is 4.26. The quantitative estimate of drug-likeness (QED) is 0.868. The third-order valence-electron chi connectivity index (χ3n) is 3.39. The Labute approximate surface area is 126 Å². The first-order valence-electron chi connectivity index (χ1n) is 6.69. The second-order valence-corrected chi connectivity index (χ2v) is 5.72. The second kappa shape index (κ2) is 5.77. The van der Waals surface area contributed by atoms with Crippen LogP contribution in [0.3, 0.4) is 0 Å². The molecule has 1 fully saturated rings. The minimum absolute atomic E-state index is 0.0541. The van der Waals surface area contributed by atoms with Gasteiger partial charge in [-0.25, -0.2) is 9.37 Å². The molecule has 0 radical (unpaired) electrons. The van der Waals surface area contributed by atoms with Gasteiger partial charge in [-0.3, -0.25) is 4.79 Å². The molecular formula is C14H15FN4OS. The van der Waals surface area contributed by atoms with Crippen LogP contribution in [0.5, 0.6) is 0 Å². The van der Waals surface area contributed by atoms with E-state index in [9.17, 15) is 9.18 Å². The summed E-state index contributed by atoms with van der Waals surface area (Å²) in [6, 6.07) is 6.26. The first kappa shape index (κ1) is 13.9. The van der Waals surface area contributed by atoms with Gasteiger partial charge in [-0.1, -0.05) is 12.1 Å². The molecule has 1 amide bonds. The van der Waals surface area contributed by atoms with E-state index in [4.69, 9.17) is 0 Å². The molecule has 0 unspecified atom stereocenters. The lowest BCUT2D eigenvalue weighted by molar-refractivity contribution is -0.131. The lowest BCUT2D eigenvalue weighted by atomic mass is 10.2. The minimum atomic E-state index is -0.262. The number of hydrogen-bond donors (Lipinski definition) is 0. The predicted molar refractivity (Wildman–Crippen MR) is 78.7 cm³/mol. The maximum atomic E-state index is 12.9. The molecule has 0 bridgehead atoms. The van der Waals surface area contributed by atoms with Crippen LogP contribution in [0.15, 0.2) is 24.3 Å². The van der Waals surface area contributed by atoms with Crippen LogP contribution in [0.4, 0.5) is 9.52 Å². The molecule has 1 saturated heterocycles. The molecule has 0 N–H and O–H groups in total. The molecule has 21 heavy (non-hydrogen) atoms. The number of carbonyl (C=O) groups excluding carboxylic acids is 1. The number of benzene rings is 1. The van der Waals surface area contributed by atoms with E-state index in [1.54, 1.807) is 17.0 Å². The van der Waals surface area contributed by atoms with Gasteiger partial charge in [0.2, 0.25) is 11.0 Å². The van der Waals surface area contributed by atoms with E-state index < -0.39 is 0 Å². The van der Waals surface area contributed by atoms with Crippen molar-refractivity contribution in [1.29, 1.82) is 0 Å². The standard InChI is InChI=1S/C14H15FN4OS/c1-10-16-14(21-17-10)19-7-6-18(13(20)9-19)8-11-2-4-12(15)5-3-11/h2-5H,6-9H2,1H3. The van der Waals surface area contributed by atoms with Gasteiger partial charge in [-0.2, -0.15) is 4.37 Å². The van der Waals surface area contributed by atoms with E-state index in [1.165, 1.54) is 23.7 Å². The van der Waals surface area contributed by atoms with Gasteiger partial charge < -0.3 is 9.80 Å². The molecule has 0 spiro atoms. The summed E-state index contributed by atoms with van der Waals surface area (Å²) in [5.41, 5.74) is 0.935. The fraction of sp³-hybridized carbons (Fsp3) is 0.357. The Balaban J connectivity index is 1.63. The van der Waals surface area contributed by atoms with Gasteiger partial charge in [0.15, 0.2) is 0 Å². The average molecular weight is 306 g/mol. The lowest BCUT2D eigenvalue weighted by Gasteiger charge is -2.34. The van der Waals surface area contributed by atoms with Crippen molar-refractivity contribution < 1.29 is 9.18 Å². The van der Waals surface area contributed by atoms with Crippen molar-refractivity contribution >= 4 is 22.6 Å². The van der Waals surface area contributed by atoms with Crippen LogP contribution in [-0.2, 0) is 11.3 Å². The van der Waals surface area contributed by atoms with Gasteiger partial charge in [0, 0.05) is 31.2 Å². The van der Waals surface area contributed by atoms with E-state index in [2.05, 4.69) is 9.36 Å². The summed E-state index contributed by atoms with van der Waals surface area (Å²) >= 11 is 1.32. The number of hydrogen-bond acceptors (Lipinski definition) is 5. The molecule has 5 nitrogen and oxygen atoms in total. The summed E-state index contributed by atoms with van der Waals surface area (Å²) < 4.78 is 17.0. The summed E-state index contributed by atoms with van der Waals surface area (Å²) in [5.74, 6) is 0.524. The number of aryl methyl sites for hydroxylation is 1. The molecule has 1 aliphatic rings. The van der Waals surface area contributed by atoms with Crippen molar-refractivity contribution in [2.45, 2.75) is 13.5 Å². The van der Waals surface area contributed by atoms with E-state index in [-0.39, 0.29) is 11.7 Å². The topological polar surface area (TPSA) is 49.3 Å². The van der Waals surface area contributed by atoms with Crippen molar-refractivity contribution in [3.63, 3.8) is 0 Å². The van der Waals surface area contributed by atoms with Crippen LogP contribution >= 0.6 is 11.5 Å². The molecule has 0 aliphatic carbocycles. The lowest BCUT2D eigenvalue weighted by Crippen LogP contribution is -2.50. The highest BCUT2D eigenvalue weighted by molar-refractivity contribution is 7.09. The molecule has 0 saturated carbocycles. The maximum Gasteiger partial charge on any atom is 0.242 e. The van der Waals surface area contributed by atoms with Crippen molar-refractivity contribution in [2.24, 2.45) is 0 Å². The Hall–Kier alpha value is -2.02. The molecule has 1 aliphatic heterocycles. The number of rotatable bonds is 3. The summed E-state index contributed by atoms with van der Waals surface area (Å²) in [5, 5.41) is 0.794. The van der Waals surface area contributed by atoms with E-state index in [0.29, 0.717) is 19.6 Å². The largest absolute Gasteiger partial charge is 0.336 e. The molecule has 0 atom stereocenters. The first-order chi connectivity index (χ1) is 10.1. The summed E-state index contributed by atoms with van der Waals surface area (Å²) in [6.45, 7) is 4.04. The Bertz CT molecular complexity index is 643. The number of halogens is 1. The summed E-state index contributed by atoms with van der Waals surface area (Å²) in [4.78, 5) is 20.3. The van der Waals surface area contributed by atoms with Gasteiger partial charge in [-0.05, 0) is 24.6 Å². The minimum Gasteiger partial charge on any atom is -0.336 e. The zero-order chi connectivity index (χ0) is 14.8. The number of aromatic nitrogens is 2. The van der Waals surface area contributed by atoms with Gasteiger partial charge in [0.25, 0.3) is 0 Å². The van der Waals surface area contributed by atoms with Crippen LogP contribution in [0.25, 0.3) is 0 Å². The molecule has 1 aromatic carbocycles. The molecule has 2 aromatic rings. The number of piperazine rings is 1. The average Bonchev–Trinajstić information content (AvgIpc) is 2.90. The monoisotopic (exact) mass is 306 g/mol. The fourth-order valence-corrected chi connectivity index (χ4v) is 2.96. The SMILES string of the molecule is Cc1nsc(N2CCN(Cc3ccc(F)cc3)C(=O)C2)n1. The van der Waals surface area contributed by atoms with Crippen molar-refractivity contribution in [3.05, 3.63) is 41.5 Å². The highest BCUT2D eigenvalue weighted by Crippen LogP contribution is 2.20. The van der Waals surface area contributed by atoms with Gasteiger partial charge in [0.05, 0.1) is 6.54 Å². The predicted octanol–water partition coefficient (Wildman–Crippen LogP) is 1.83. The molecule has 1 aromatic heterocycles. The smallest absolute Gasteiger partial charge is 0.242 e. The highest BCUT2D eigenvalue weighted by atomic mass is 32.1. The Morgan fingerprint density at radius 2 is 2.05 bits per heavy atom. The van der Waals surface area contributed by atoms with Gasteiger partial charge in [0.1, 0.15) is 11.6 Å². The van der Waals surface area contributed by atoms with E-state index >= 15 is 0 Å². The summed E-state index contributed by atoms with van der Waals surface area (Å²) in [6.07, 6.45) is 0. The Morgan fingerprint density at radius 3 is 2.67 bits per heavy atom. The number of anilines is 1. The second-order valence-electron chi connectivity index (χ2n) is 4.99. The zero-order valence-corrected chi connectivity index (χ0v) is 12.4. The van der Waals surface area contributed by atoms with E-state index in [0.717, 1.165) is 23.1 Å². The van der Waals surface area contributed by atoms with Gasteiger partial charge in [-0.15, -0.1) is 0 Å². The van der Waals surface area contributed by atoms with Crippen molar-refractivity contribution in [3.8, 4) is 0 Å². The number of nitrogens with zero attached hydrogens (tertiary/aromatic N) is 4. The molecule has 7 heteroatoms. The van der Waals surface area contributed by atoms with Crippen LogP contribution in [0.1, 0.15) is 11.4 Å². The van der Waals surface area contributed by atoms with Crippen molar-refractivity contribution in [2.75, 3.05) is 24.5 Å². The number of carbonyl (C=O) groups is 1. The van der Waals surface area contributed by atoms with Crippen LogP contribution < -0.4 is 4.90 Å². The Morgan fingerprint density at radius 1 is 1.29 bits per heavy atom. The van der Waals surface area contributed by atoms with Gasteiger partial charge >= 0.3 is 0 Å². The zero-order valence-electron chi connectivity index (χ0n) is 11.6. The Kier molecular flexibility index (Phi) is 3.83. The van der Waals surface area contributed by atoms with Crippen LogP contribution in [-0.4, -0.2) is 39.8 Å². The fourth-order valence-electron chi connectivity index (χ4n) is 2.26. The molecule has 2 heterocycles. The summed E-state index contributed by atoms with van der Waals surface area (Å²) in [7, 11) is 0. The highest BCUT2D eigenvalue weighted by Gasteiger charge is 2.25. The third kappa shape index (κ3) is 3.18. The van der Waals surface area contributed by atoms with Crippen LogP contribution in [0, 0.1) is 12.7 Å². The van der Waals surface area contributed by atoms with E-state index in [1.807, 2.05) is 11.8 Å². The molecular weight excluding hydrogens is 291 g/mol. The maximum absolute atomic E-state index is 12.9. The van der Waals surface area contributed by atoms with Crippen molar-refractivity contribution in [1.82, 2.24) is 14.3 Å². The first-order valence-corrected chi connectivity index (χ1v) is 7.46. The molecule has 110 valence electrons. The van der Waals surface area contributed by atoms with Crippen LogP contribution in [0.2, 0.25) is 0 Å². The number of amides is 1. The molecule has 3 rings (SSSR count). The normalized spacial score (nSPS) is 15.6.